The third kappa shape index (κ3) is 2.56. The van der Waals surface area contributed by atoms with Crippen LogP contribution in [-0.4, -0.2) is 15.9 Å². The van der Waals surface area contributed by atoms with Crippen molar-refractivity contribution in [2.75, 3.05) is 5.32 Å². The zero-order valence-corrected chi connectivity index (χ0v) is 10.5. The van der Waals surface area contributed by atoms with Crippen LogP contribution in [-0.2, 0) is 4.79 Å². The van der Waals surface area contributed by atoms with E-state index in [-0.39, 0.29) is 10.9 Å². The Morgan fingerprint density at radius 3 is 3.00 bits per heavy atom. The smallest absolute Gasteiger partial charge is 0.235 e. The van der Waals surface area contributed by atoms with Crippen LogP contribution in [0.3, 0.4) is 0 Å². The molecule has 1 amide bonds. The second-order valence-corrected chi connectivity index (χ2v) is 5.29. The molecule has 1 aromatic rings. The summed E-state index contributed by atoms with van der Waals surface area (Å²) in [6, 6.07) is 0. The molecule has 0 bridgehead atoms. The Balaban J connectivity index is 1.97. The van der Waals surface area contributed by atoms with Gasteiger partial charge in [-0.3, -0.25) is 4.79 Å². The minimum Gasteiger partial charge on any atom is -0.393 e. The molecule has 0 saturated heterocycles. The predicted molar refractivity (Wildman–Crippen MR) is 68.7 cm³/mol. The lowest BCUT2D eigenvalue weighted by Gasteiger charge is -2.07. The summed E-state index contributed by atoms with van der Waals surface area (Å²) in [6.07, 6.45) is 2.42. The van der Waals surface area contributed by atoms with Gasteiger partial charge in [0.05, 0.1) is 16.6 Å². The van der Waals surface area contributed by atoms with Crippen molar-refractivity contribution in [3.8, 4) is 0 Å². The molecule has 0 aromatic carbocycles. The van der Waals surface area contributed by atoms with Gasteiger partial charge in [-0.05, 0) is 19.8 Å². The average Bonchev–Trinajstić information content (AvgIpc) is 2.99. The van der Waals surface area contributed by atoms with Crippen molar-refractivity contribution < 1.29 is 4.79 Å². The van der Waals surface area contributed by atoms with E-state index in [9.17, 15) is 4.79 Å². The lowest BCUT2D eigenvalue weighted by molar-refractivity contribution is -0.117. The first kappa shape index (κ1) is 11.5. The minimum atomic E-state index is -0.455. The highest BCUT2D eigenvalue weighted by Crippen LogP contribution is 2.40. The molecule has 1 aliphatic carbocycles. The molecule has 16 heavy (non-hydrogen) atoms. The van der Waals surface area contributed by atoms with E-state index >= 15 is 0 Å². The molecule has 1 heterocycles. The molecule has 2 rings (SSSR count). The number of amides is 1. The second-order valence-electron chi connectivity index (χ2n) is 3.97. The second kappa shape index (κ2) is 4.47. The Morgan fingerprint density at radius 2 is 2.44 bits per heavy atom. The number of nitrogens with two attached hydrogens (primary N) is 1. The number of aromatic nitrogens is 1. The Labute approximate surface area is 103 Å². The van der Waals surface area contributed by atoms with Gasteiger partial charge in [0, 0.05) is 11.3 Å². The number of carbonyl (C=O) groups is 1. The normalized spacial score (nSPS) is 16.8. The van der Waals surface area contributed by atoms with Gasteiger partial charge in [0.15, 0.2) is 5.13 Å². The first-order valence-corrected chi connectivity index (χ1v) is 6.42. The number of thiocarbonyl (C=S) groups is 1. The molecular formula is C10H13N3OS2. The van der Waals surface area contributed by atoms with Crippen LogP contribution in [0.25, 0.3) is 0 Å². The van der Waals surface area contributed by atoms with Crippen molar-refractivity contribution >= 4 is 39.6 Å². The molecule has 4 nitrogen and oxygen atoms in total. The Morgan fingerprint density at radius 1 is 1.75 bits per heavy atom. The van der Waals surface area contributed by atoms with Crippen LogP contribution in [0.5, 0.6) is 0 Å². The van der Waals surface area contributed by atoms with Gasteiger partial charge >= 0.3 is 0 Å². The van der Waals surface area contributed by atoms with E-state index in [1.54, 1.807) is 6.92 Å². The first-order valence-electron chi connectivity index (χ1n) is 5.13. The van der Waals surface area contributed by atoms with Crippen LogP contribution in [0.2, 0.25) is 0 Å². The van der Waals surface area contributed by atoms with Gasteiger partial charge in [-0.2, -0.15) is 0 Å². The molecule has 86 valence electrons. The topological polar surface area (TPSA) is 68.0 Å². The van der Waals surface area contributed by atoms with Crippen LogP contribution in [0.1, 0.15) is 31.4 Å². The summed E-state index contributed by atoms with van der Waals surface area (Å²) in [5.41, 5.74) is 6.49. The highest BCUT2D eigenvalue weighted by molar-refractivity contribution is 7.80. The maximum Gasteiger partial charge on any atom is 0.235 e. The predicted octanol–water partition coefficient (Wildman–Crippen LogP) is 1.88. The maximum atomic E-state index is 11.6. The minimum absolute atomic E-state index is 0.191. The number of nitrogens with one attached hydrogen (secondary N) is 1. The zero-order chi connectivity index (χ0) is 11.7. The van der Waals surface area contributed by atoms with Crippen molar-refractivity contribution in [1.82, 2.24) is 4.98 Å². The summed E-state index contributed by atoms with van der Waals surface area (Å²) in [4.78, 5) is 16.2. The van der Waals surface area contributed by atoms with E-state index in [4.69, 9.17) is 18.0 Å². The monoisotopic (exact) mass is 255 g/mol. The van der Waals surface area contributed by atoms with Gasteiger partial charge in [0.2, 0.25) is 5.91 Å². The maximum absolute atomic E-state index is 11.6. The van der Waals surface area contributed by atoms with Gasteiger partial charge in [-0.15, -0.1) is 11.3 Å². The molecule has 0 radical (unpaired) electrons. The van der Waals surface area contributed by atoms with E-state index in [1.165, 1.54) is 24.2 Å². The fourth-order valence-corrected chi connectivity index (χ4v) is 2.16. The SMILES string of the molecule is CC(C(=O)Nc1nc(C2CC2)cs1)C(N)=S. The summed E-state index contributed by atoms with van der Waals surface area (Å²) in [5.74, 6) is -0.0395. The summed E-state index contributed by atoms with van der Waals surface area (Å²) < 4.78 is 0. The Kier molecular flexibility index (Phi) is 3.20. The van der Waals surface area contributed by atoms with Crippen molar-refractivity contribution in [3.63, 3.8) is 0 Å². The fourth-order valence-electron chi connectivity index (χ4n) is 1.25. The molecule has 0 aliphatic heterocycles. The Bertz CT molecular complexity index is 425. The average molecular weight is 255 g/mol. The molecule has 1 fully saturated rings. The van der Waals surface area contributed by atoms with E-state index in [2.05, 4.69) is 10.3 Å². The number of rotatable bonds is 4. The summed E-state index contributed by atoms with van der Waals surface area (Å²) in [5, 5.41) is 5.36. The molecule has 1 unspecified atom stereocenters. The van der Waals surface area contributed by atoms with Crippen molar-refractivity contribution in [2.24, 2.45) is 11.7 Å². The standard InChI is InChI=1S/C10H13N3OS2/c1-5(8(11)15)9(14)13-10-12-7(4-16-10)6-2-3-6/h4-6H,2-3H2,1H3,(H2,11,15)(H,12,13,14). The molecule has 0 spiro atoms. The number of nitrogens with zero attached hydrogens (tertiary/aromatic N) is 1. The van der Waals surface area contributed by atoms with Gasteiger partial charge in [0.1, 0.15) is 0 Å². The van der Waals surface area contributed by atoms with E-state index in [1.807, 2.05) is 5.38 Å². The van der Waals surface area contributed by atoms with Gasteiger partial charge in [-0.25, -0.2) is 4.98 Å². The highest BCUT2D eigenvalue weighted by atomic mass is 32.1. The number of hydrogen-bond acceptors (Lipinski definition) is 4. The van der Waals surface area contributed by atoms with Crippen molar-refractivity contribution in [3.05, 3.63) is 11.1 Å². The van der Waals surface area contributed by atoms with Crippen LogP contribution < -0.4 is 11.1 Å². The zero-order valence-electron chi connectivity index (χ0n) is 8.90. The van der Waals surface area contributed by atoms with E-state index in [0.29, 0.717) is 11.0 Å². The third-order valence-corrected chi connectivity index (χ3v) is 3.70. The number of hydrogen-bond donors (Lipinski definition) is 2. The van der Waals surface area contributed by atoms with Gasteiger partial charge < -0.3 is 11.1 Å². The number of thiazole rings is 1. The molecule has 1 aliphatic rings. The lowest BCUT2D eigenvalue weighted by Crippen LogP contribution is -2.30. The molecule has 6 heteroatoms. The quantitative estimate of drug-likeness (QED) is 0.806. The molecule has 1 saturated carbocycles. The van der Waals surface area contributed by atoms with Crippen molar-refractivity contribution in [1.29, 1.82) is 0 Å². The van der Waals surface area contributed by atoms with Crippen molar-refractivity contribution in [2.45, 2.75) is 25.7 Å². The van der Waals surface area contributed by atoms with Gasteiger partial charge in [0.25, 0.3) is 0 Å². The first-order chi connectivity index (χ1) is 7.58. The van der Waals surface area contributed by atoms with Crippen LogP contribution in [0.4, 0.5) is 5.13 Å². The summed E-state index contributed by atoms with van der Waals surface area (Å²) in [7, 11) is 0. The molecule has 1 aromatic heterocycles. The molecule has 1 atom stereocenters. The van der Waals surface area contributed by atoms with Crippen LogP contribution in [0.15, 0.2) is 5.38 Å². The van der Waals surface area contributed by atoms with Crippen LogP contribution in [0, 0.1) is 5.92 Å². The molecule has 3 N–H and O–H groups in total. The number of carbonyl (C=O) groups excluding carboxylic acids is 1. The van der Waals surface area contributed by atoms with Crippen LogP contribution >= 0.6 is 23.6 Å². The lowest BCUT2D eigenvalue weighted by atomic mass is 10.2. The largest absolute Gasteiger partial charge is 0.393 e. The fraction of sp³-hybridized carbons (Fsp3) is 0.500. The van der Waals surface area contributed by atoms with E-state index < -0.39 is 5.92 Å². The highest BCUT2D eigenvalue weighted by Gasteiger charge is 2.26. The Hall–Kier alpha value is -1.01. The number of anilines is 1. The summed E-state index contributed by atoms with van der Waals surface area (Å²) in [6.45, 7) is 1.69. The molecular weight excluding hydrogens is 242 g/mol. The van der Waals surface area contributed by atoms with Gasteiger partial charge in [-0.1, -0.05) is 12.2 Å². The van der Waals surface area contributed by atoms with E-state index in [0.717, 1.165) is 5.69 Å². The third-order valence-electron chi connectivity index (χ3n) is 2.57. The summed E-state index contributed by atoms with van der Waals surface area (Å²) >= 11 is 6.22.